The Morgan fingerprint density at radius 3 is 1.81 bits per heavy atom. The highest BCUT2D eigenvalue weighted by Crippen LogP contribution is 2.32. The molecule has 2 nitrogen and oxygen atoms in total. The molecule has 0 heterocycles. The number of hydrogen-bond donors (Lipinski definition) is 0. The minimum Gasteiger partial charge on any atom is -0.500 e. The third-order valence-electron chi connectivity index (χ3n) is 3.58. The first kappa shape index (κ1) is 15.2. The molecule has 16 heavy (non-hydrogen) atoms. The van der Waals surface area contributed by atoms with E-state index in [1.54, 1.807) is 13.2 Å². The molecule has 0 atom stereocenters. The van der Waals surface area contributed by atoms with Crippen LogP contribution in [0.4, 0.5) is 0 Å². The Morgan fingerprint density at radius 1 is 1.06 bits per heavy atom. The van der Waals surface area contributed by atoms with E-state index in [9.17, 15) is 4.79 Å². The quantitative estimate of drug-likeness (QED) is 0.506. The molecule has 0 aromatic heterocycles. The predicted octanol–water partition coefficient (Wildman–Crippen LogP) is 3.96. The molecule has 0 spiro atoms. The molecule has 0 saturated carbocycles. The summed E-state index contributed by atoms with van der Waals surface area (Å²) in [4.78, 5) is 12.1. The summed E-state index contributed by atoms with van der Waals surface area (Å²) in [5.41, 5.74) is -0.373. The van der Waals surface area contributed by atoms with Gasteiger partial charge < -0.3 is 4.74 Å². The fraction of sp³-hybridized carbons (Fsp3) is 0.786. The average Bonchev–Trinajstić information content (AvgIpc) is 2.24. The van der Waals surface area contributed by atoms with Crippen LogP contribution < -0.4 is 0 Å². The predicted molar refractivity (Wildman–Crippen MR) is 68.2 cm³/mol. The van der Waals surface area contributed by atoms with Gasteiger partial charge in [0.1, 0.15) is 5.76 Å². The molecule has 0 N–H and O–H groups in total. The Morgan fingerprint density at radius 2 is 1.50 bits per heavy atom. The topological polar surface area (TPSA) is 26.3 Å². The molecule has 0 fully saturated rings. The molecule has 0 aliphatic carbocycles. The Balaban J connectivity index is 5.06. The third-order valence-corrected chi connectivity index (χ3v) is 3.58. The minimum absolute atomic E-state index is 0.0752. The highest BCUT2D eigenvalue weighted by atomic mass is 16.5. The van der Waals surface area contributed by atoms with Crippen LogP contribution in [0.1, 0.15) is 54.4 Å². The number of methoxy groups -OCH3 is 1. The summed E-state index contributed by atoms with van der Waals surface area (Å²) < 4.78 is 5.36. The first-order valence-corrected chi connectivity index (χ1v) is 6.02. The molecule has 0 unspecified atom stereocenters. The van der Waals surface area contributed by atoms with Crippen LogP contribution in [0.15, 0.2) is 11.8 Å². The van der Waals surface area contributed by atoms with Crippen molar-refractivity contribution in [3.8, 4) is 0 Å². The SMILES string of the molecule is CCC(C)(C)C(=O)/C=C(\OC)C(C)(C)CC. The molecule has 0 amide bonds. The van der Waals surface area contributed by atoms with Crippen LogP contribution in [-0.2, 0) is 9.53 Å². The third kappa shape index (κ3) is 3.66. The van der Waals surface area contributed by atoms with Gasteiger partial charge in [0, 0.05) is 16.9 Å². The van der Waals surface area contributed by atoms with Gasteiger partial charge in [0.15, 0.2) is 5.78 Å². The van der Waals surface area contributed by atoms with Gasteiger partial charge in [-0.25, -0.2) is 0 Å². The van der Waals surface area contributed by atoms with Gasteiger partial charge >= 0.3 is 0 Å². The number of allylic oxidation sites excluding steroid dienone is 2. The fourth-order valence-electron chi connectivity index (χ4n) is 1.19. The molecular formula is C14H26O2. The molecule has 2 heteroatoms. The largest absolute Gasteiger partial charge is 0.500 e. The van der Waals surface area contributed by atoms with E-state index in [0.717, 1.165) is 18.6 Å². The summed E-state index contributed by atoms with van der Waals surface area (Å²) in [5.74, 6) is 0.926. The highest BCUT2D eigenvalue weighted by molar-refractivity contribution is 5.94. The van der Waals surface area contributed by atoms with Crippen LogP contribution in [0.25, 0.3) is 0 Å². The van der Waals surface area contributed by atoms with E-state index < -0.39 is 0 Å². The lowest BCUT2D eigenvalue weighted by Gasteiger charge is -2.26. The van der Waals surface area contributed by atoms with Crippen molar-refractivity contribution in [2.45, 2.75) is 54.4 Å². The van der Waals surface area contributed by atoms with Gasteiger partial charge in [-0.15, -0.1) is 0 Å². The van der Waals surface area contributed by atoms with E-state index in [1.165, 1.54) is 0 Å². The van der Waals surface area contributed by atoms with E-state index in [2.05, 4.69) is 20.8 Å². The van der Waals surface area contributed by atoms with Gasteiger partial charge in [-0.05, 0) is 12.8 Å². The van der Waals surface area contributed by atoms with Crippen LogP contribution in [-0.4, -0.2) is 12.9 Å². The van der Waals surface area contributed by atoms with Crippen molar-refractivity contribution >= 4 is 5.78 Å². The van der Waals surface area contributed by atoms with Crippen LogP contribution in [0, 0.1) is 10.8 Å². The van der Waals surface area contributed by atoms with Crippen LogP contribution >= 0.6 is 0 Å². The van der Waals surface area contributed by atoms with Crippen molar-refractivity contribution in [2.24, 2.45) is 10.8 Å². The Bertz CT molecular complexity index is 272. The zero-order valence-corrected chi connectivity index (χ0v) is 11.8. The Labute approximate surface area is 100 Å². The molecule has 0 radical (unpaired) electrons. The average molecular weight is 226 g/mol. The fourth-order valence-corrected chi connectivity index (χ4v) is 1.19. The number of carbonyl (C=O) groups excluding carboxylic acids is 1. The zero-order chi connectivity index (χ0) is 13.0. The van der Waals surface area contributed by atoms with E-state index in [0.29, 0.717) is 0 Å². The molecule has 0 aliphatic rings. The number of hydrogen-bond acceptors (Lipinski definition) is 2. The molecule has 0 aromatic carbocycles. The summed E-state index contributed by atoms with van der Waals surface area (Å²) >= 11 is 0. The van der Waals surface area contributed by atoms with Gasteiger partial charge in [-0.2, -0.15) is 0 Å². The number of rotatable bonds is 6. The Kier molecular flexibility index (Phi) is 5.24. The molecule has 0 aliphatic heterocycles. The van der Waals surface area contributed by atoms with Crippen LogP contribution in [0.5, 0.6) is 0 Å². The van der Waals surface area contributed by atoms with E-state index in [4.69, 9.17) is 4.74 Å². The van der Waals surface area contributed by atoms with Crippen molar-refractivity contribution < 1.29 is 9.53 Å². The number of carbonyl (C=O) groups is 1. The van der Waals surface area contributed by atoms with Gasteiger partial charge in [0.05, 0.1) is 7.11 Å². The lowest BCUT2D eigenvalue weighted by atomic mass is 9.81. The number of ether oxygens (including phenoxy) is 1. The second-order valence-corrected chi connectivity index (χ2v) is 5.55. The molecule has 0 aromatic rings. The highest BCUT2D eigenvalue weighted by Gasteiger charge is 2.28. The molecule has 0 bridgehead atoms. The number of ketones is 1. The van der Waals surface area contributed by atoms with Gasteiger partial charge in [0.2, 0.25) is 0 Å². The second kappa shape index (κ2) is 5.51. The summed E-state index contributed by atoms with van der Waals surface area (Å²) in [6, 6.07) is 0. The molecule has 0 saturated heterocycles. The summed E-state index contributed by atoms with van der Waals surface area (Å²) in [6.45, 7) is 12.3. The van der Waals surface area contributed by atoms with E-state index >= 15 is 0 Å². The van der Waals surface area contributed by atoms with E-state index in [1.807, 2.05) is 20.8 Å². The Hall–Kier alpha value is -0.790. The van der Waals surface area contributed by atoms with Crippen molar-refractivity contribution in [3.05, 3.63) is 11.8 Å². The van der Waals surface area contributed by atoms with E-state index in [-0.39, 0.29) is 16.6 Å². The lowest BCUT2D eigenvalue weighted by Crippen LogP contribution is -2.24. The molecule has 0 rings (SSSR count). The summed E-state index contributed by atoms with van der Waals surface area (Å²) in [5, 5.41) is 0. The summed E-state index contributed by atoms with van der Waals surface area (Å²) in [6.07, 6.45) is 3.46. The van der Waals surface area contributed by atoms with Crippen molar-refractivity contribution in [1.82, 2.24) is 0 Å². The smallest absolute Gasteiger partial charge is 0.164 e. The standard InChI is InChI=1S/C14H26O2/c1-8-13(3,4)11(15)10-12(16-7)14(5,6)9-2/h10H,8-9H2,1-7H3/b12-10-. The van der Waals surface area contributed by atoms with Crippen molar-refractivity contribution in [1.29, 1.82) is 0 Å². The first-order chi connectivity index (χ1) is 7.21. The first-order valence-electron chi connectivity index (χ1n) is 6.02. The minimum atomic E-state index is -0.298. The van der Waals surface area contributed by atoms with Crippen molar-refractivity contribution in [2.75, 3.05) is 7.11 Å². The normalized spacial score (nSPS) is 13.8. The van der Waals surface area contributed by atoms with Gasteiger partial charge in [-0.3, -0.25) is 4.79 Å². The maximum absolute atomic E-state index is 12.1. The van der Waals surface area contributed by atoms with Gasteiger partial charge in [0.25, 0.3) is 0 Å². The summed E-state index contributed by atoms with van der Waals surface area (Å²) in [7, 11) is 1.63. The molecule has 94 valence electrons. The lowest BCUT2D eigenvalue weighted by molar-refractivity contribution is -0.122. The monoisotopic (exact) mass is 226 g/mol. The second-order valence-electron chi connectivity index (χ2n) is 5.55. The van der Waals surface area contributed by atoms with Crippen LogP contribution in [0.2, 0.25) is 0 Å². The van der Waals surface area contributed by atoms with Crippen molar-refractivity contribution in [3.63, 3.8) is 0 Å². The maximum Gasteiger partial charge on any atom is 0.164 e. The molecular weight excluding hydrogens is 200 g/mol. The zero-order valence-electron chi connectivity index (χ0n) is 11.8. The van der Waals surface area contributed by atoms with Gasteiger partial charge in [-0.1, -0.05) is 41.5 Å². The maximum atomic E-state index is 12.1. The van der Waals surface area contributed by atoms with Crippen LogP contribution in [0.3, 0.4) is 0 Å².